The van der Waals surface area contributed by atoms with Crippen LogP contribution in [0.25, 0.3) is 0 Å². The Labute approximate surface area is 63.2 Å². The molecule has 0 amide bonds. The fraction of sp³-hybridized carbons (Fsp3) is 0.889. The van der Waals surface area contributed by atoms with Crippen molar-refractivity contribution in [2.24, 2.45) is 5.92 Å². The van der Waals surface area contributed by atoms with Gasteiger partial charge in [0.2, 0.25) is 0 Å². The van der Waals surface area contributed by atoms with Gasteiger partial charge < -0.3 is 5.32 Å². The van der Waals surface area contributed by atoms with Crippen LogP contribution in [0.4, 0.5) is 0 Å². The average molecular weight is 138 g/mol. The second-order valence-electron chi connectivity index (χ2n) is 3.70. The largest absolute Gasteiger partial charge is 0.311 e. The molecular weight excluding hydrogens is 122 g/mol. The highest BCUT2D eigenvalue weighted by atomic mass is 15.0. The van der Waals surface area contributed by atoms with Crippen LogP contribution < -0.4 is 5.32 Å². The normalized spacial score (nSPS) is 47.1. The predicted molar refractivity (Wildman–Crippen MR) is 42.6 cm³/mol. The molecule has 2 fully saturated rings. The van der Waals surface area contributed by atoms with Crippen LogP contribution in [0.2, 0.25) is 0 Å². The summed E-state index contributed by atoms with van der Waals surface area (Å²) in [5, 5.41) is 3.60. The molecule has 2 aliphatic rings. The van der Waals surface area contributed by atoms with Crippen molar-refractivity contribution >= 4 is 0 Å². The lowest BCUT2D eigenvalue weighted by Gasteiger charge is -2.24. The zero-order chi connectivity index (χ0) is 6.97. The van der Waals surface area contributed by atoms with Gasteiger partial charge in [0.1, 0.15) is 0 Å². The lowest BCUT2D eigenvalue weighted by Crippen LogP contribution is -2.31. The van der Waals surface area contributed by atoms with E-state index in [9.17, 15) is 0 Å². The van der Waals surface area contributed by atoms with E-state index in [1.807, 2.05) is 0 Å². The first-order chi connectivity index (χ1) is 4.86. The van der Waals surface area contributed by atoms with Gasteiger partial charge in [0.15, 0.2) is 0 Å². The van der Waals surface area contributed by atoms with Gasteiger partial charge in [-0.3, -0.25) is 0 Å². The van der Waals surface area contributed by atoms with Crippen LogP contribution in [0, 0.1) is 12.3 Å². The molecule has 1 aliphatic carbocycles. The Morgan fingerprint density at radius 1 is 1.30 bits per heavy atom. The van der Waals surface area contributed by atoms with E-state index < -0.39 is 0 Å². The molecule has 57 valence electrons. The van der Waals surface area contributed by atoms with Gasteiger partial charge in [0.05, 0.1) is 0 Å². The van der Waals surface area contributed by atoms with Gasteiger partial charge >= 0.3 is 0 Å². The molecule has 0 bridgehead atoms. The van der Waals surface area contributed by atoms with Crippen molar-refractivity contribution < 1.29 is 0 Å². The number of hydrogen-bond donors (Lipinski definition) is 1. The van der Waals surface area contributed by atoms with Crippen LogP contribution in [0.3, 0.4) is 0 Å². The van der Waals surface area contributed by atoms with E-state index in [1.54, 1.807) is 0 Å². The maximum Gasteiger partial charge on any atom is 0.0101 e. The molecule has 0 aromatic heterocycles. The lowest BCUT2D eigenvalue weighted by atomic mass is 9.85. The predicted octanol–water partition coefficient (Wildman–Crippen LogP) is 1.74. The van der Waals surface area contributed by atoms with E-state index in [0.717, 1.165) is 12.0 Å². The minimum absolute atomic E-state index is 0.674. The molecule has 3 unspecified atom stereocenters. The smallest absolute Gasteiger partial charge is 0.0101 e. The second kappa shape index (κ2) is 2.54. The first kappa shape index (κ1) is 6.66. The molecule has 3 atom stereocenters. The maximum atomic E-state index is 3.60. The summed E-state index contributed by atoms with van der Waals surface area (Å²) in [6.07, 6.45) is 8.22. The molecule has 1 heterocycles. The van der Waals surface area contributed by atoms with Crippen molar-refractivity contribution in [2.75, 3.05) is 0 Å². The molecule has 1 N–H and O–H groups in total. The maximum absolute atomic E-state index is 3.60. The SMILES string of the molecule is CC1[CH]C2CCCCC2N1. The molecule has 1 radical (unpaired) electrons. The molecule has 10 heavy (non-hydrogen) atoms. The number of hydrogen-bond acceptors (Lipinski definition) is 1. The Hall–Kier alpha value is -0.0400. The van der Waals surface area contributed by atoms with Crippen molar-refractivity contribution in [3.63, 3.8) is 0 Å². The Kier molecular flexibility index (Phi) is 1.69. The van der Waals surface area contributed by atoms with E-state index in [0.29, 0.717) is 6.04 Å². The number of fused-ring (bicyclic) bond motifs is 1. The van der Waals surface area contributed by atoms with Crippen LogP contribution in [0.15, 0.2) is 0 Å². The van der Waals surface area contributed by atoms with E-state index in [2.05, 4.69) is 18.7 Å². The summed E-state index contributed by atoms with van der Waals surface area (Å²) >= 11 is 0. The topological polar surface area (TPSA) is 12.0 Å². The fourth-order valence-electron chi connectivity index (χ4n) is 2.36. The summed E-state index contributed by atoms with van der Waals surface area (Å²) in [5.41, 5.74) is 0. The molecule has 1 saturated carbocycles. The van der Waals surface area contributed by atoms with E-state index in [-0.39, 0.29) is 0 Å². The average Bonchev–Trinajstić information content (AvgIpc) is 2.27. The molecule has 1 aliphatic heterocycles. The van der Waals surface area contributed by atoms with Crippen molar-refractivity contribution in [2.45, 2.75) is 44.7 Å². The quantitative estimate of drug-likeness (QED) is 0.537. The molecule has 1 heteroatoms. The highest BCUT2D eigenvalue weighted by molar-refractivity contribution is 5.02. The highest BCUT2D eigenvalue weighted by Gasteiger charge is 2.32. The van der Waals surface area contributed by atoms with E-state index >= 15 is 0 Å². The van der Waals surface area contributed by atoms with Crippen LogP contribution in [-0.4, -0.2) is 12.1 Å². The molecule has 1 saturated heterocycles. The second-order valence-corrected chi connectivity index (χ2v) is 3.70. The molecular formula is C9H16N. The van der Waals surface area contributed by atoms with E-state index in [4.69, 9.17) is 0 Å². The van der Waals surface area contributed by atoms with Gasteiger partial charge in [0.25, 0.3) is 0 Å². The van der Waals surface area contributed by atoms with Crippen molar-refractivity contribution in [3.05, 3.63) is 6.42 Å². The van der Waals surface area contributed by atoms with Gasteiger partial charge in [-0.15, -0.1) is 0 Å². The molecule has 0 aromatic rings. The minimum Gasteiger partial charge on any atom is -0.311 e. The zero-order valence-electron chi connectivity index (χ0n) is 6.64. The van der Waals surface area contributed by atoms with Crippen molar-refractivity contribution in [3.8, 4) is 0 Å². The third-order valence-corrected chi connectivity index (χ3v) is 2.83. The summed E-state index contributed by atoms with van der Waals surface area (Å²) in [6, 6.07) is 1.51. The fourth-order valence-corrected chi connectivity index (χ4v) is 2.36. The number of rotatable bonds is 0. The summed E-state index contributed by atoms with van der Waals surface area (Å²) in [6.45, 7) is 2.26. The monoisotopic (exact) mass is 138 g/mol. The van der Waals surface area contributed by atoms with Crippen LogP contribution in [-0.2, 0) is 0 Å². The molecule has 2 rings (SSSR count). The highest BCUT2D eigenvalue weighted by Crippen LogP contribution is 2.31. The summed E-state index contributed by atoms with van der Waals surface area (Å²) in [5.74, 6) is 0.906. The summed E-state index contributed by atoms with van der Waals surface area (Å²) < 4.78 is 0. The Balaban J connectivity index is 1.97. The summed E-state index contributed by atoms with van der Waals surface area (Å²) in [4.78, 5) is 0. The van der Waals surface area contributed by atoms with E-state index in [1.165, 1.54) is 25.7 Å². The van der Waals surface area contributed by atoms with Crippen LogP contribution in [0.1, 0.15) is 32.6 Å². The lowest BCUT2D eigenvalue weighted by molar-refractivity contribution is 0.345. The van der Waals surface area contributed by atoms with Crippen molar-refractivity contribution in [1.29, 1.82) is 0 Å². The van der Waals surface area contributed by atoms with Crippen LogP contribution in [0.5, 0.6) is 0 Å². The van der Waals surface area contributed by atoms with Gasteiger partial charge in [-0.25, -0.2) is 0 Å². The van der Waals surface area contributed by atoms with Gasteiger partial charge in [-0.1, -0.05) is 12.8 Å². The minimum atomic E-state index is 0.674. The van der Waals surface area contributed by atoms with Gasteiger partial charge in [-0.05, 0) is 32.1 Å². The third kappa shape index (κ3) is 1.07. The summed E-state index contributed by atoms with van der Waals surface area (Å²) in [7, 11) is 0. The number of nitrogens with one attached hydrogen (secondary N) is 1. The standard InChI is InChI=1S/C9H16N/c1-7-6-8-4-2-3-5-9(8)10-7/h6-10H,2-5H2,1H3. The Morgan fingerprint density at radius 2 is 2.10 bits per heavy atom. The zero-order valence-corrected chi connectivity index (χ0v) is 6.64. The first-order valence-electron chi connectivity index (χ1n) is 4.47. The Bertz CT molecular complexity index is 108. The third-order valence-electron chi connectivity index (χ3n) is 2.83. The molecule has 0 aromatic carbocycles. The van der Waals surface area contributed by atoms with Gasteiger partial charge in [-0.2, -0.15) is 0 Å². The Morgan fingerprint density at radius 3 is 2.90 bits per heavy atom. The first-order valence-corrected chi connectivity index (χ1v) is 4.47. The van der Waals surface area contributed by atoms with Crippen LogP contribution >= 0.6 is 0 Å². The molecule has 1 nitrogen and oxygen atoms in total. The van der Waals surface area contributed by atoms with Crippen molar-refractivity contribution in [1.82, 2.24) is 5.32 Å². The molecule has 0 spiro atoms. The van der Waals surface area contributed by atoms with Gasteiger partial charge in [0, 0.05) is 12.1 Å².